The molecule has 0 radical (unpaired) electrons. The molecule has 0 unspecified atom stereocenters. The minimum Gasteiger partial charge on any atom is -0.481 e. The average Bonchev–Trinajstić information content (AvgIpc) is 2.32. The molecule has 0 aromatic rings. The lowest BCUT2D eigenvalue weighted by atomic mass is 9.83. The normalized spacial score (nSPS) is 22.7. The first-order valence-corrected chi connectivity index (χ1v) is 7.59. The summed E-state index contributed by atoms with van der Waals surface area (Å²) in [5.41, 5.74) is -0.162. The zero-order valence-corrected chi connectivity index (χ0v) is 11.8. The van der Waals surface area contributed by atoms with E-state index in [-0.39, 0.29) is 12.0 Å². The van der Waals surface area contributed by atoms with Crippen molar-refractivity contribution in [3.63, 3.8) is 0 Å². The van der Waals surface area contributed by atoms with E-state index in [2.05, 4.69) is 5.32 Å². The molecule has 0 amide bonds. The van der Waals surface area contributed by atoms with Crippen LogP contribution < -0.4 is 5.32 Å². The topological polar surface area (TPSA) is 49.3 Å². The summed E-state index contributed by atoms with van der Waals surface area (Å²) in [6.07, 6.45) is 13.8. The summed E-state index contributed by atoms with van der Waals surface area (Å²) < 4.78 is 0. The molecule has 1 fully saturated rings. The summed E-state index contributed by atoms with van der Waals surface area (Å²) in [6.45, 7) is 0. The van der Waals surface area contributed by atoms with E-state index in [0.717, 1.165) is 25.7 Å². The van der Waals surface area contributed by atoms with Gasteiger partial charge in [-0.3, -0.25) is 4.79 Å². The van der Waals surface area contributed by atoms with Gasteiger partial charge in [-0.1, -0.05) is 57.8 Å². The predicted octanol–water partition coefficient (Wildman–Crippen LogP) is 3.72. The Bertz CT molecular complexity index is 229. The lowest BCUT2D eigenvalue weighted by Crippen LogP contribution is -2.44. The molecule has 0 spiro atoms. The molecule has 0 bridgehead atoms. The second kappa shape index (κ2) is 8.52. The summed E-state index contributed by atoms with van der Waals surface area (Å²) in [7, 11) is 1.93. The van der Waals surface area contributed by atoms with E-state index in [1.165, 1.54) is 44.9 Å². The molecule has 0 aromatic heterocycles. The van der Waals surface area contributed by atoms with Crippen LogP contribution in [0.3, 0.4) is 0 Å². The number of nitrogens with one attached hydrogen (secondary N) is 1. The quantitative estimate of drug-likeness (QED) is 0.808. The number of carboxylic acids is 1. The fourth-order valence-corrected chi connectivity index (χ4v) is 3.09. The van der Waals surface area contributed by atoms with Crippen LogP contribution in [0, 0.1) is 0 Å². The second-order valence-corrected chi connectivity index (χ2v) is 5.78. The Morgan fingerprint density at radius 1 is 0.944 bits per heavy atom. The molecule has 3 heteroatoms. The Hall–Kier alpha value is -0.570. The number of carbonyl (C=O) groups is 1. The number of hydrogen-bond donors (Lipinski definition) is 2. The van der Waals surface area contributed by atoms with Gasteiger partial charge in [0.1, 0.15) is 0 Å². The van der Waals surface area contributed by atoms with Crippen molar-refractivity contribution in [3.8, 4) is 0 Å². The molecular weight excluding hydrogens is 226 g/mol. The van der Waals surface area contributed by atoms with E-state index >= 15 is 0 Å². The largest absolute Gasteiger partial charge is 0.481 e. The highest BCUT2D eigenvalue weighted by molar-refractivity contribution is 5.68. The van der Waals surface area contributed by atoms with Gasteiger partial charge in [0.05, 0.1) is 6.42 Å². The highest BCUT2D eigenvalue weighted by Gasteiger charge is 2.29. The zero-order valence-electron chi connectivity index (χ0n) is 11.8. The number of aliphatic carboxylic acids is 1. The van der Waals surface area contributed by atoms with Gasteiger partial charge in [0.2, 0.25) is 0 Å². The molecule has 0 aliphatic heterocycles. The van der Waals surface area contributed by atoms with Gasteiger partial charge in [-0.2, -0.15) is 0 Å². The Labute approximate surface area is 111 Å². The van der Waals surface area contributed by atoms with Gasteiger partial charge in [-0.05, 0) is 19.9 Å². The number of hydrogen-bond acceptors (Lipinski definition) is 2. The first kappa shape index (κ1) is 15.5. The first-order chi connectivity index (χ1) is 8.68. The van der Waals surface area contributed by atoms with Crippen molar-refractivity contribution in [2.45, 2.75) is 82.6 Å². The summed E-state index contributed by atoms with van der Waals surface area (Å²) in [5, 5.41) is 12.4. The third-order valence-corrected chi connectivity index (χ3v) is 4.33. The molecule has 0 saturated heterocycles. The van der Waals surface area contributed by atoms with Crippen molar-refractivity contribution in [2.75, 3.05) is 7.05 Å². The zero-order chi connectivity index (χ0) is 13.3. The van der Waals surface area contributed by atoms with E-state index in [9.17, 15) is 4.79 Å². The highest BCUT2D eigenvalue weighted by atomic mass is 16.4. The highest BCUT2D eigenvalue weighted by Crippen LogP contribution is 2.27. The Morgan fingerprint density at radius 3 is 1.67 bits per heavy atom. The molecule has 1 saturated carbocycles. The van der Waals surface area contributed by atoms with E-state index in [0.29, 0.717) is 0 Å². The molecule has 1 aliphatic carbocycles. The van der Waals surface area contributed by atoms with Crippen molar-refractivity contribution in [1.82, 2.24) is 5.32 Å². The van der Waals surface area contributed by atoms with E-state index in [4.69, 9.17) is 5.11 Å². The summed E-state index contributed by atoms with van der Waals surface area (Å²) in [6, 6.07) is 0. The van der Waals surface area contributed by atoms with Crippen LogP contribution in [-0.4, -0.2) is 23.7 Å². The molecule has 18 heavy (non-hydrogen) atoms. The van der Waals surface area contributed by atoms with Crippen LogP contribution in [0.4, 0.5) is 0 Å². The lowest BCUT2D eigenvalue weighted by Gasteiger charge is -2.33. The van der Waals surface area contributed by atoms with Gasteiger partial charge in [0.25, 0.3) is 0 Å². The number of rotatable bonds is 3. The summed E-state index contributed by atoms with van der Waals surface area (Å²) in [5.74, 6) is -0.670. The lowest BCUT2D eigenvalue weighted by molar-refractivity contribution is -0.138. The third kappa shape index (κ3) is 5.85. The maximum absolute atomic E-state index is 11.1. The minimum atomic E-state index is -0.670. The van der Waals surface area contributed by atoms with Crippen molar-refractivity contribution in [3.05, 3.63) is 0 Å². The van der Waals surface area contributed by atoms with Crippen LogP contribution in [0.5, 0.6) is 0 Å². The Balaban J connectivity index is 2.54. The van der Waals surface area contributed by atoms with Gasteiger partial charge in [-0.25, -0.2) is 0 Å². The predicted molar refractivity (Wildman–Crippen MR) is 74.8 cm³/mol. The molecule has 0 aromatic carbocycles. The minimum absolute atomic E-state index is 0.162. The van der Waals surface area contributed by atoms with Crippen LogP contribution in [0.15, 0.2) is 0 Å². The van der Waals surface area contributed by atoms with Gasteiger partial charge in [0, 0.05) is 5.54 Å². The number of carboxylic acid groups (broad SMARTS) is 1. The fraction of sp³-hybridized carbons (Fsp3) is 0.933. The SMILES string of the molecule is CNC1(CC(=O)O)CCCCCCCCCCC1. The molecule has 1 aliphatic rings. The van der Waals surface area contributed by atoms with E-state index in [1.807, 2.05) is 7.05 Å². The van der Waals surface area contributed by atoms with Crippen molar-refractivity contribution < 1.29 is 9.90 Å². The molecule has 0 heterocycles. The molecule has 1 rings (SSSR count). The monoisotopic (exact) mass is 255 g/mol. The van der Waals surface area contributed by atoms with Crippen LogP contribution in [0.1, 0.15) is 77.0 Å². The van der Waals surface area contributed by atoms with Gasteiger partial charge >= 0.3 is 5.97 Å². The molecular formula is C15H29NO2. The first-order valence-electron chi connectivity index (χ1n) is 7.59. The standard InChI is InChI=1S/C15H29NO2/c1-16-15(13-14(17)18)11-9-7-5-3-2-4-6-8-10-12-15/h16H,2-13H2,1H3,(H,17,18). The van der Waals surface area contributed by atoms with Crippen molar-refractivity contribution >= 4 is 5.97 Å². The van der Waals surface area contributed by atoms with Crippen LogP contribution in [-0.2, 0) is 4.79 Å². The van der Waals surface area contributed by atoms with Crippen LogP contribution in [0.2, 0.25) is 0 Å². The molecule has 2 N–H and O–H groups in total. The van der Waals surface area contributed by atoms with Gasteiger partial charge < -0.3 is 10.4 Å². The van der Waals surface area contributed by atoms with Crippen molar-refractivity contribution in [2.24, 2.45) is 0 Å². The summed E-state index contributed by atoms with van der Waals surface area (Å²) in [4.78, 5) is 11.1. The van der Waals surface area contributed by atoms with Crippen molar-refractivity contribution in [1.29, 1.82) is 0 Å². The van der Waals surface area contributed by atoms with Gasteiger partial charge in [0.15, 0.2) is 0 Å². The van der Waals surface area contributed by atoms with Crippen LogP contribution >= 0.6 is 0 Å². The van der Waals surface area contributed by atoms with E-state index in [1.54, 1.807) is 0 Å². The van der Waals surface area contributed by atoms with E-state index < -0.39 is 5.97 Å². The maximum Gasteiger partial charge on any atom is 0.305 e. The van der Waals surface area contributed by atoms with Gasteiger partial charge in [-0.15, -0.1) is 0 Å². The third-order valence-electron chi connectivity index (χ3n) is 4.33. The second-order valence-electron chi connectivity index (χ2n) is 5.78. The molecule has 3 nitrogen and oxygen atoms in total. The van der Waals surface area contributed by atoms with Crippen LogP contribution in [0.25, 0.3) is 0 Å². The maximum atomic E-state index is 11.1. The molecule has 0 atom stereocenters. The fourth-order valence-electron chi connectivity index (χ4n) is 3.09. The smallest absolute Gasteiger partial charge is 0.305 e. The Morgan fingerprint density at radius 2 is 1.33 bits per heavy atom. The summed E-state index contributed by atoms with van der Waals surface area (Å²) >= 11 is 0. The average molecular weight is 255 g/mol. The molecule has 106 valence electrons. The Kier molecular flexibility index (Phi) is 7.33.